The second-order valence-electron chi connectivity index (χ2n) is 15.9. The minimum Gasteiger partial charge on any atom is -0.309 e. The molecule has 0 bridgehead atoms. The number of nitrogens with one attached hydrogen (secondary N) is 1. The monoisotopic (exact) mass is 781 g/mol. The maximum atomic E-state index is 9.88. The Morgan fingerprint density at radius 3 is 1.21 bits per heavy atom. The van der Waals surface area contributed by atoms with Gasteiger partial charge in [0.2, 0.25) is 5.62 Å². The van der Waals surface area contributed by atoms with Crippen LogP contribution >= 0.6 is 0 Å². The van der Waals surface area contributed by atoms with Crippen LogP contribution in [0, 0.1) is 12.3 Å². The van der Waals surface area contributed by atoms with Crippen LogP contribution in [0.25, 0.3) is 99.6 Å². The molecule has 0 unspecified atom stereocenters. The van der Waals surface area contributed by atoms with E-state index in [2.05, 4.69) is 219 Å². The molecule has 0 atom stereocenters. The normalized spacial score (nSPS) is 11.8. The van der Waals surface area contributed by atoms with Crippen molar-refractivity contribution in [1.29, 1.82) is 5.41 Å². The molecule has 9 aromatic carbocycles. The number of benzene rings is 9. The van der Waals surface area contributed by atoms with E-state index in [0.29, 0.717) is 5.62 Å². The van der Waals surface area contributed by atoms with Gasteiger partial charge >= 0.3 is 0 Å². The lowest BCUT2D eigenvalue weighted by atomic mass is 10.00. The molecule has 0 saturated heterocycles. The third kappa shape index (κ3) is 5.44. The Bertz CT molecular complexity index is 3720. The molecule has 0 spiro atoms. The Morgan fingerprint density at radius 2 is 0.689 bits per heavy atom. The summed E-state index contributed by atoms with van der Waals surface area (Å²) in [5, 5.41) is 14.7. The van der Waals surface area contributed by atoms with E-state index in [-0.39, 0.29) is 0 Å². The summed E-state index contributed by atoms with van der Waals surface area (Å²) in [7, 11) is 0. The molecule has 0 radical (unpaired) electrons. The second-order valence-corrected chi connectivity index (χ2v) is 15.9. The van der Waals surface area contributed by atoms with Gasteiger partial charge in [-0.3, -0.25) is 14.5 Å². The van der Waals surface area contributed by atoms with Gasteiger partial charge in [-0.2, -0.15) is 0 Å². The van der Waals surface area contributed by atoms with Crippen LogP contribution < -0.4 is 5.62 Å². The summed E-state index contributed by atoms with van der Waals surface area (Å²) in [6.45, 7) is 2.15. The number of nitrogens with zero attached hydrogens (tertiary/aromatic N) is 4. The smallest absolute Gasteiger partial charge is 0.212 e. The van der Waals surface area contributed by atoms with Crippen LogP contribution in [0.2, 0.25) is 0 Å². The van der Waals surface area contributed by atoms with Crippen molar-refractivity contribution in [3.63, 3.8) is 0 Å². The van der Waals surface area contributed by atoms with Crippen molar-refractivity contribution < 1.29 is 0 Å². The van der Waals surface area contributed by atoms with E-state index >= 15 is 0 Å². The van der Waals surface area contributed by atoms with Crippen LogP contribution in [0.15, 0.2) is 212 Å². The van der Waals surface area contributed by atoms with E-state index in [1.54, 1.807) is 0 Å². The van der Waals surface area contributed by atoms with Crippen molar-refractivity contribution in [2.45, 2.75) is 6.92 Å². The zero-order chi connectivity index (χ0) is 40.6. The first-order valence-corrected chi connectivity index (χ1v) is 20.8. The average molecular weight is 782 g/mol. The lowest BCUT2D eigenvalue weighted by Crippen LogP contribution is -2.23. The lowest BCUT2D eigenvalue weighted by Gasteiger charge is -2.13. The molecule has 0 aliphatic carbocycles. The Balaban J connectivity index is 1.04. The summed E-state index contributed by atoms with van der Waals surface area (Å²) in [5.74, 6) is 0. The highest BCUT2D eigenvalue weighted by Crippen LogP contribution is 2.38. The fourth-order valence-corrected chi connectivity index (χ4v) is 9.53. The molecule has 0 saturated carbocycles. The van der Waals surface area contributed by atoms with Crippen molar-refractivity contribution in [3.05, 3.63) is 224 Å². The molecule has 1 N–H and O–H groups in total. The Morgan fingerprint density at radius 1 is 0.295 bits per heavy atom. The Hall–Kier alpha value is -8.15. The molecular formula is C56H39N5. The van der Waals surface area contributed by atoms with Gasteiger partial charge in [-0.15, -0.1) is 0 Å². The molecule has 0 aliphatic rings. The molecule has 0 aliphatic heterocycles. The van der Waals surface area contributed by atoms with Crippen molar-refractivity contribution in [2.24, 2.45) is 0 Å². The van der Waals surface area contributed by atoms with Crippen molar-refractivity contribution in [2.75, 3.05) is 0 Å². The molecule has 0 fully saturated rings. The SMILES string of the molecule is Cc1ccc(-c2ccc3c(c2)c2ccccc2n3-c2ccccc2)cc1-n1c(=N)n(-c2ccccc2)c2ccc(-c3ccc4c(c3)c3ccccc3n4-c3ccccc3)cc21. The minimum absolute atomic E-state index is 0.390. The maximum Gasteiger partial charge on any atom is 0.212 e. The number of hydrogen-bond acceptors (Lipinski definition) is 1. The molecule has 5 nitrogen and oxygen atoms in total. The molecule has 0 amide bonds. The highest BCUT2D eigenvalue weighted by atomic mass is 15.2. The first kappa shape index (κ1) is 34.9. The van der Waals surface area contributed by atoms with Gasteiger partial charge < -0.3 is 9.13 Å². The number of fused-ring (bicyclic) bond motifs is 7. The molecular weight excluding hydrogens is 743 g/mol. The van der Waals surface area contributed by atoms with Gasteiger partial charge in [-0.1, -0.05) is 121 Å². The molecule has 12 rings (SSSR count). The van der Waals surface area contributed by atoms with Gasteiger partial charge in [0.25, 0.3) is 0 Å². The van der Waals surface area contributed by atoms with Gasteiger partial charge in [0.05, 0.1) is 38.8 Å². The number of hydrogen-bond donors (Lipinski definition) is 1. The quantitative estimate of drug-likeness (QED) is 0.175. The Kier molecular flexibility index (Phi) is 7.84. The summed E-state index contributed by atoms with van der Waals surface area (Å²) < 4.78 is 8.90. The van der Waals surface area contributed by atoms with Crippen LogP contribution in [-0.4, -0.2) is 18.3 Å². The van der Waals surface area contributed by atoms with Crippen LogP contribution in [0.5, 0.6) is 0 Å². The largest absolute Gasteiger partial charge is 0.309 e. The molecule has 3 aromatic heterocycles. The van der Waals surface area contributed by atoms with Crippen LogP contribution in [0.1, 0.15) is 5.56 Å². The van der Waals surface area contributed by atoms with Crippen molar-refractivity contribution >= 4 is 54.6 Å². The first-order chi connectivity index (χ1) is 30.1. The maximum absolute atomic E-state index is 9.88. The highest BCUT2D eigenvalue weighted by molar-refractivity contribution is 6.11. The van der Waals surface area contributed by atoms with E-state index < -0.39 is 0 Å². The molecule has 288 valence electrons. The fraction of sp³-hybridized carbons (Fsp3) is 0.0179. The van der Waals surface area contributed by atoms with Crippen LogP contribution in [0.4, 0.5) is 0 Å². The lowest BCUT2D eigenvalue weighted by molar-refractivity contribution is 0.851. The van der Waals surface area contributed by atoms with Gasteiger partial charge in [-0.25, -0.2) is 0 Å². The predicted molar refractivity (Wildman–Crippen MR) is 253 cm³/mol. The molecule has 5 heteroatoms. The topological polar surface area (TPSA) is 43.6 Å². The number of aromatic nitrogens is 4. The van der Waals surface area contributed by atoms with E-state index in [0.717, 1.165) is 61.6 Å². The summed E-state index contributed by atoms with van der Waals surface area (Å²) >= 11 is 0. The number of imidazole rings is 1. The highest BCUT2D eigenvalue weighted by Gasteiger charge is 2.19. The van der Waals surface area contributed by atoms with E-state index in [1.807, 2.05) is 18.2 Å². The number of para-hydroxylation sites is 5. The zero-order valence-corrected chi connectivity index (χ0v) is 33.5. The first-order valence-electron chi connectivity index (χ1n) is 20.8. The molecule has 61 heavy (non-hydrogen) atoms. The van der Waals surface area contributed by atoms with Crippen molar-refractivity contribution in [3.8, 4) is 45.0 Å². The van der Waals surface area contributed by atoms with Gasteiger partial charge in [0.1, 0.15) is 0 Å². The minimum atomic E-state index is 0.390. The van der Waals surface area contributed by atoms with Gasteiger partial charge in [0.15, 0.2) is 0 Å². The Labute approximate surface area is 352 Å². The fourth-order valence-electron chi connectivity index (χ4n) is 9.53. The van der Waals surface area contributed by atoms with Crippen LogP contribution in [0.3, 0.4) is 0 Å². The number of aryl methyl sites for hydroxylation is 1. The second kappa shape index (κ2) is 13.7. The van der Waals surface area contributed by atoms with Crippen LogP contribution in [-0.2, 0) is 0 Å². The third-order valence-corrected chi connectivity index (χ3v) is 12.4. The third-order valence-electron chi connectivity index (χ3n) is 12.4. The van der Waals surface area contributed by atoms with Gasteiger partial charge in [0, 0.05) is 38.6 Å². The molecule has 12 aromatic rings. The summed E-state index contributed by atoms with van der Waals surface area (Å²) in [6.07, 6.45) is 0. The zero-order valence-electron chi connectivity index (χ0n) is 33.5. The van der Waals surface area contributed by atoms with E-state index in [4.69, 9.17) is 0 Å². The van der Waals surface area contributed by atoms with E-state index in [1.165, 1.54) is 43.6 Å². The standard InChI is InChI=1S/C56H39N5/c1-37-25-26-40(38-27-30-51-47(33-38)45-21-11-13-23-49(45)58(51)42-15-5-2-6-16-42)35-54(37)61-55-36-41(29-32-53(55)60(56(61)57)44-19-9-4-10-20-44)39-28-31-52-48(34-39)46-22-12-14-24-50(46)59(52)43-17-7-3-8-18-43/h2-36,57H,1H3. The van der Waals surface area contributed by atoms with Gasteiger partial charge in [-0.05, 0) is 126 Å². The number of rotatable bonds is 6. The molecule has 3 heterocycles. The summed E-state index contributed by atoms with van der Waals surface area (Å²) in [4.78, 5) is 0. The average Bonchev–Trinajstić information content (AvgIpc) is 3.94. The predicted octanol–water partition coefficient (Wildman–Crippen LogP) is 13.7. The van der Waals surface area contributed by atoms with E-state index in [9.17, 15) is 5.41 Å². The summed E-state index contributed by atoms with van der Waals surface area (Å²) in [5.41, 5.74) is 16.8. The summed E-state index contributed by atoms with van der Waals surface area (Å²) in [6, 6.07) is 75.7. The van der Waals surface area contributed by atoms with Crippen molar-refractivity contribution in [1.82, 2.24) is 18.3 Å².